The van der Waals surface area contributed by atoms with Crippen LogP contribution in [0.5, 0.6) is 0 Å². The van der Waals surface area contributed by atoms with Crippen molar-refractivity contribution in [2.75, 3.05) is 24.6 Å². The summed E-state index contributed by atoms with van der Waals surface area (Å²) in [7, 11) is 0. The summed E-state index contributed by atoms with van der Waals surface area (Å²) in [4.78, 5) is 31.5. The van der Waals surface area contributed by atoms with E-state index in [9.17, 15) is 9.59 Å². The van der Waals surface area contributed by atoms with Crippen LogP contribution in [0.3, 0.4) is 0 Å². The number of carbonyl (C=O) groups excluding carboxylic acids is 1. The number of hydrogen-bond donors (Lipinski definition) is 0. The third-order valence-electron chi connectivity index (χ3n) is 5.65. The zero-order valence-electron chi connectivity index (χ0n) is 16.5. The Hall–Kier alpha value is -3.30. The van der Waals surface area contributed by atoms with Crippen molar-refractivity contribution in [2.24, 2.45) is 0 Å². The summed E-state index contributed by atoms with van der Waals surface area (Å²) in [5, 5.41) is 7.97. The first-order chi connectivity index (χ1) is 14.6. The van der Waals surface area contributed by atoms with E-state index >= 15 is 4.39 Å². The standard InChI is InChI=1S/C20H21FN6O3/c1-2-30-20(29)15-11-26(12-3-4-12)18-14(17(15)28)9-16(21)19(23-18)25-7-5-13(10-25)27-8-6-22-24-27/h6,8-9,11-13H,2-5,7,10H2,1H3/t13-/m0/s1. The van der Waals surface area contributed by atoms with E-state index in [4.69, 9.17) is 4.74 Å². The van der Waals surface area contributed by atoms with E-state index in [1.54, 1.807) is 24.0 Å². The van der Waals surface area contributed by atoms with Crippen LogP contribution in [0.15, 0.2) is 29.5 Å². The van der Waals surface area contributed by atoms with Crippen LogP contribution in [-0.4, -0.2) is 50.2 Å². The molecule has 1 saturated carbocycles. The molecular formula is C20H21FN6O3. The maximum atomic E-state index is 15.0. The van der Waals surface area contributed by atoms with Crippen LogP contribution >= 0.6 is 0 Å². The first-order valence-electron chi connectivity index (χ1n) is 10.1. The number of nitrogens with zero attached hydrogens (tertiary/aromatic N) is 6. The van der Waals surface area contributed by atoms with E-state index in [0.29, 0.717) is 18.7 Å². The molecule has 1 saturated heterocycles. The Morgan fingerprint density at radius 3 is 2.83 bits per heavy atom. The molecule has 2 fully saturated rings. The molecule has 0 aromatic carbocycles. The topological polar surface area (TPSA) is 95.1 Å². The van der Waals surface area contributed by atoms with Gasteiger partial charge in [-0.1, -0.05) is 5.21 Å². The van der Waals surface area contributed by atoms with Crippen molar-refractivity contribution in [3.63, 3.8) is 0 Å². The Morgan fingerprint density at radius 1 is 1.30 bits per heavy atom. The largest absolute Gasteiger partial charge is 0.462 e. The van der Waals surface area contributed by atoms with Gasteiger partial charge in [0, 0.05) is 31.5 Å². The molecule has 3 aromatic rings. The Labute approximate surface area is 171 Å². The predicted octanol–water partition coefficient (Wildman–Crippen LogP) is 2.09. The molecule has 0 spiro atoms. The van der Waals surface area contributed by atoms with Gasteiger partial charge in [-0.05, 0) is 32.3 Å². The zero-order valence-corrected chi connectivity index (χ0v) is 16.5. The molecule has 1 aliphatic carbocycles. The van der Waals surface area contributed by atoms with E-state index in [-0.39, 0.29) is 35.5 Å². The molecule has 1 atom stereocenters. The molecule has 0 N–H and O–H groups in total. The number of fused-ring (bicyclic) bond motifs is 1. The maximum Gasteiger partial charge on any atom is 0.343 e. The van der Waals surface area contributed by atoms with E-state index in [1.807, 2.05) is 9.47 Å². The molecule has 0 radical (unpaired) electrons. The van der Waals surface area contributed by atoms with Crippen LogP contribution < -0.4 is 10.3 Å². The number of ether oxygens (including phenoxy) is 1. The number of esters is 1. The van der Waals surface area contributed by atoms with Crippen LogP contribution in [0, 0.1) is 5.82 Å². The number of hydrogen-bond acceptors (Lipinski definition) is 7. The Morgan fingerprint density at radius 2 is 2.13 bits per heavy atom. The third-order valence-corrected chi connectivity index (χ3v) is 5.65. The molecular weight excluding hydrogens is 391 g/mol. The summed E-state index contributed by atoms with van der Waals surface area (Å²) in [5.74, 6) is -1.07. The predicted molar refractivity (Wildman–Crippen MR) is 106 cm³/mol. The third kappa shape index (κ3) is 3.12. The first kappa shape index (κ1) is 18.7. The van der Waals surface area contributed by atoms with Gasteiger partial charge in [-0.25, -0.2) is 18.9 Å². The molecule has 30 heavy (non-hydrogen) atoms. The van der Waals surface area contributed by atoms with Gasteiger partial charge in [0.1, 0.15) is 11.2 Å². The average Bonchev–Trinajstić information content (AvgIpc) is 3.22. The van der Waals surface area contributed by atoms with E-state index < -0.39 is 17.2 Å². The summed E-state index contributed by atoms with van der Waals surface area (Å²) >= 11 is 0. The summed E-state index contributed by atoms with van der Waals surface area (Å²) in [5.41, 5.74) is -0.242. The minimum atomic E-state index is -0.696. The van der Waals surface area contributed by atoms with Crippen molar-refractivity contribution < 1.29 is 13.9 Å². The van der Waals surface area contributed by atoms with Gasteiger partial charge in [-0.15, -0.1) is 5.10 Å². The van der Waals surface area contributed by atoms with Crippen LogP contribution in [0.25, 0.3) is 11.0 Å². The molecule has 9 nitrogen and oxygen atoms in total. The highest BCUT2D eigenvalue weighted by Gasteiger charge is 2.31. The molecule has 0 amide bonds. The number of rotatable bonds is 5. The van der Waals surface area contributed by atoms with Crippen molar-refractivity contribution in [3.8, 4) is 0 Å². The quantitative estimate of drug-likeness (QED) is 0.592. The molecule has 0 unspecified atom stereocenters. The minimum absolute atomic E-state index is 0.0845. The van der Waals surface area contributed by atoms with Crippen molar-refractivity contribution >= 4 is 22.8 Å². The summed E-state index contributed by atoms with van der Waals surface area (Å²) in [6.45, 7) is 3.00. The number of pyridine rings is 2. The monoisotopic (exact) mass is 412 g/mol. The smallest absolute Gasteiger partial charge is 0.343 e. The van der Waals surface area contributed by atoms with E-state index in [2.05, 4.69) is 15.3 Å². The lowest BCUT2D eigenvalue weighted by Gasteiger charge is -2.20. The molecule has 3 aromatic heterocycles. The van der Waals surface area contributed by atoms with Crippen LogP contribution in [-0.2, 0) is 4.74 Å². The van der Waals surface area contributed by atoms with Gasteiger partial charge in [0.25, 0.3) is 0 Å². The van der Waals surface area contributed by atoms with Gasteiger partial charge in [0.05, 0.1) is 24.2 Å². The molecule has 156 valence electrons. The van der Waals surface area contributed by atoms with Crippen LogP contribution in [0.4, 0.5) is 10.2 Å². The van der Waals surface area contributed by atoms with Gasteiger partial charge in [-0.2, -0.15) is 0 Å². The van der Waals surface area contributed by atoms with Crippen LogP contribution in [0.1, 0.15) is 48.6 Å². The fourth-order valence-corrected chi connectivity index (χ4v) is 4.01. The number of aromatic nitrogens is 5. The second-order valence-electron chi connectivity index (χ2n) is 7.67. The van der Waals surface area contributed by atoms with Gasteiger partial charge in [-0.3, -0.25) is 4.79 Å². The zero-order chi connectivity index (χ0) is 20.8. The highest BCUT2D eigenvalue weighted by molar-refractivity contribution is 5.93. The van der Waals surface area contributed by atoms with Crippen molar-refractivity contribution in [3.05, 3.63) is 46.3 Å². The molecule has 5 rings (SSSR count). The second-order valence-corrected chi connectivity index (χ2v) is 7.67. The van der Waals surface area contributed by atoms with E-state index in [1.165, 1.54) is 12.3 Å². The molecule has 2 aliphatic rings. The SMILES string of the molecule is CCOC(=O)c1cn(C2CC2)c2nc(N3CC[C@H](n4ccnn4)C3)c(F)cc2c1=O. The summed E-state index contributed by atoms with van der Waals surface area (Å²) in [6, 6.07) is 1.43. The summed E-state index contributed by atoms with van der Waals surface area (Å²) in [6.07, 6.45) is 7.56. The number of halogens is 1. The average molecular weight is 412 g/mol. The second kappa shape index (κ2) is 7.19. The molecule has 4 heterocycles. The molecule has 10 heteroatoms. The Kier molecular flexibility index (Phi) is 4.48. The number of carbonyl (C=O) groups is 1. The fraction of sp³-hybridized carbons (Fsp3) is 0.450. The van der Waals surface area contributed by atoms with Gasteiger partial charge in [0.2, 0.25) is 5.43 Å². The lowest BCUT2D eigenvalue weighted by molar-refractivity contribution is 0.0524. The lowest BCUT2D eigenvalue weighted by atomic mass is 10.2. The van der Waals surface area contributed by atoms with Gasteiger partial charge in [0.15, 0.2) is 11.6 Å². The Balaban J connectivity index is 1.58. The minimum Gasteiger partial charge on any atom is -0.462 e. The number of anilines is 1. The van der Waals surface area contributed by atoms with Crippen molar-refractivity contribution in [1.82, 2.24) is 24.5 Å². The van der Waals surface area contributed by atoms with Crippen LogP contribution in [0.2, 0.25) is 0 Å². The van der Waals surface area contributed by atoms with Crippen molar-refractivity contribution in [2.45, 2.75) is 38.3 Å². The first-order valence-corrected chi connectivity index (χ1v) is 10.1. The van der Waals surface area contributed by atoms with Gasteiger partial charge < -0.3 is 14.2 Å². The summed E-state index contributed by atoms with van der Waals surface area (Å²) < 4.78 is 23.6. The molecule has 1 aliphatic heterocycles. The normalized spacial score (nSPS) is 18.9. The maximum absolute atomic E-state index is 15.0. The highest BCUT2D eigenvalue weighted by atomic mass is 19.1. The van der Waals surface area contributed by atoms with Gasteiger partial charge >= 0.3 is 5.97 Å². The Bertz CT molecular complexity index is 1170. The van der Waals surface area contributed by atoms with Crippen molar-refractivity contribution in [1.29, 1.82) is 0 Å². The lowest BCUT2D eigenvalue weighted by Crippen LogP contribution is -2.25. The highest BCUT2D eigenvalue weighted by Crippen LogP contribution is 2.37. The molecule has 0 bridgehead atoms. The van der Waals surface area contributed by atoms with E-state index in [0.717, 1.165) is 19.3 Å². The fourth-order valence-electron chi connectivity index (χ4n) is 4.01.